The Bertz CT molecular complexity index is 1160. The minimum absolute atomic E-state index is 0.214. The van der Waals surface area contributed by atoms with Crippen LogP contribution in [0.5, 0.6) is 0 Å². The van der Waals surface area contributed by atoms with E-state index in [0.717, 1.165) is 29.8 Å². The molecule has 4 rings (SSSR count). The molecule has 0 bridgehead atoms. The predicted molar refractivity (Wildman–Crippen MR) is 111 cm³/mol. The molecule has 1 aromatic heterocycles. The molecular weight excluding hydrogens is 384 g/mol. The third kappa shape index (κ3) is 3.98. The van der Waals surface area contributed by atoms with E-state index < -0.39 is 11.6 Å². The highest BCUT2D eigenvalue weighted by atomic mass is 19.1. The molecule has 0 spiro atoms. The molecule has 150 valence electrons. The van der Waals surface area contributed by atoms with Gasteiger partial charge in [0.1, 0.15) is 23.3 Å². The molecule has 2 N–H and O–H groups in total. The van der Waals surface area contributed by atoms with E-state index in [2.05, 4.69) is 16.0 Å². The van der Waals surface area contributed by atoms with Crippen molar-refractivity contribution in [2.45, 2.75) is 18.9 Å². The van der Waals surface area contributed by atoms with E-state index in [-0.39, 0.29) is 17.4 Å². The number of hydrogen-bond donors (Lipinski definition) is 2. The van der Waals surface area contributed by atoms with Crippen molar-refractivity contribution in [2.24, 2.45) is 0 Å². The average molecular weight is 403 g/mol. The summed E-state index contributed by atoms with van der Waals surface area (Å²) < 4.78 is 27.8. The number of nitriles is 1. The molecule has 7 heteroatoms. The lowest BCUT2D eigenvalue weighted by Gasteiger charge is -2.26. The molecule has 3 aromatic rings. The summed E-state index contributed by atoms with van der Waals surface area (Å²) >= 11 is 0. The summed E-state index contributed by atoms with van der Waals surface area (Å²) in [6.07, 6.45) is 6.41. The summed E-state index contributed by atoms with van der Waals surface area (Å²) in [7, 11) is 0. The average Bonchev–Trinajstić information content (AvgIpc) is 3.43. The van der Waals surface area contributed by atoms with Crippen molar-refractivity contribution in [3.05, 3.63) is 83.3 Å². The Balaban J connectivity index is 1.50. The summed E-state index contributed by atoms with van der Waals surface area (Å²) in [6.45, 7) is 0.605. The molecule has 1 aliphatic rings. The van der Waals surface area contributed by atoms with Crippen molar-refractivity contribution in [1.29, 1.82) is 10.7 Å². The third-order valence-electron chi connectivity index (χ3n) is 5.18. The van der Waals surface area contributed by atoms with Gasteiger partial charge in [-0.1, -0.05) is 12.1 Å². The lowest BCUT2D eigenvalue weighted by atomic mass is 10.0. The van der Waals surface area contributed by atoms with Crippen molar-refractivity contribution in [2.75, 3.05) is 6.54 Å². The number of aromatic amines is 1. The highest BCUT2D eigenvalue weighted by molar-refractivity contribution is 5.94. The van der Waals surface area contributed by atoms with Crippen molar-refractivity contribution in [1.82, 2.24) is 14.9 Å². The molecule has 5 nitrogen and oxygen atoms in total. The topological polar surface area (TPSA) is 79.6 Å². The zero-order valence-electron chi connectivity index (χ0n) is 16.1. The summed E-state index contributed by atoms with van der Waals surface area (Å²) in [5.41, 5.74) is 2.45. The maximum atomic E-state index is 14.2. The van der Waals surface area contributed by atoms with Gasteiger partial charge in [-0.3, -0.25) is 5.41 Å². The smallest absolute Gasteiger partial charge is 0.130 e. The molecule has 1 fully saturated rings. The van der Waals surface area contributed by atoms with Crippen LogP contribution in [-0.2, 0) is 0 Å². The van der Waals surface area contributed by atoms with E-state index in [9.17, 15) is 8.78 Å². The first-order valence-corrected chi connectivity index (χ1v) is 9.59. The van der Waals surface area contributed by atoms with E-state index in [1.54, 1.807) is 41.4 Å². The summed E-state index contributed by atoms with van der Waals surface area (Å²) in [4.78, 5) is 9.23. The normalized spacial score (nSPS) is 16.2. The van der Waals surface area contributed by atoms with E-state index in [0.29, 0.717) is 24.4 Å². The van der Waals surface area contributed by atoms with Gasteiger partial charge in [-0.05, 0) is 55.3 Å². The lowest BCUT2D eigenvalue weighted by molar-refractivity contribution is 0.385. The first-order chi connectivity index (χ1) is 14.5. The van der Waals surface area contributed by atoms with Gasteiger partial charge >= 0.3 is 0 Å². The number of nitrogens with zero attached hydrogens (tertiary/aromatic N) is 3. The zero-order valence-corrected chi connectivity index (χ0v) is 16.1. The second kappa shape index (κ2) is 8.29. The largest absolute Gasteiger partial charge is 0.350 e. The van der Waals surface area contributed by atoms with Crippen molar-refractivity contribution in [3.63, 3.8) is 0 Å². The van der Waals surface area contributed by atoms with E-state index in [1.165, 1.54) is 6.07 Å². The number of H-pyrrole nitrogens is 1. The number of nitrogens with one attached hydrogen (secondary N) is 2. The van der Waals surface area contributed by atoms with Crippen LogP contribution in [-0.4, -0.2) is 27.2 Å². The van der Waals surface area contributed by atoms with E-state index in [4.69, 9.17) is 10.7 Å². The minimum atomic E-state index is -0.482. The predicted octanol–water partition coefficient (Wildman–Crippen LogP) is 5.05. The minimum Gasteiger partial charge on any atom is -0.350 e. The number of likely N-dealkylation sites (tertiary alicyclic amines) is 1. The Morgan fingerprint density at radius 3 is 2.97 bits per heavy atom. The maximum absolute atomic E-state index is 14.2. The number of imidazole rings is 1. The molecule has 1 aliphatic heterocycles. The molecule has 0 radical (unpaired) electrons. The van der Waals surface area contributed by atoms with Crippen LogP contribution in [0.3, 0.4) is 0 Å². The molecule has 0 amide bonds. The van der Waals surface area contributed by atoms with Crippen LogP contribution in [0, 0.1) is 28.4 Å². The molecule has 1 saturated heterocycles. The Labute approximate surface area is 172 Å². The number of rotatable bonds is 4. The number of amidine groups is 1. The fourth-order valence-electron chi connectivity index (χ4n) is 3.73. The molecule has 30 heavy (non-hydrogen) atoms. The van der Waals surface area contributed by atoms with E-state index >= 15 is 0 Å². The second-order valence-electron chi connectivity index (χ2n) is 7.11. The van der Waals surface area contributed by atoms with E-state index in [1.807, 2.05) is 6.07 Å². The Hall–Kier alpha value is -3.79. The fourth-order valence-corrected chi connectivity index (χ4v) is 3.73. The Morgan fingerprint density at radius 1 is 1.27 bits per heavy atom. The number of aromatic nitrogens is 2. The van der Waals surface area contributed by atoms with Crippen LogP contribution in [0.1, 0.15) is 35.8 Å². The van der Waals surface area contributed by atoms with Crippen LogP contribution in [0.2, 0.25) is 0 Å². The molecule has 2 heterocycles. The van der Waals surface area contributed by atoms with Gasteiger partial charge in [0.05, 0.1) is 29.6 Å². The van der Waals surface area contributed by atoms with Gasteiger partial charge in [-0.2, -0.15) is 5.26 Å². The second-order valence-corrected chi connectivity index (χ2v) is 7.11. The lowest BCUT2D eigenvalue weighted by Crippen LogP contribution is -2.29. The standard InChI is InChI=1S/C23H19F2N5/c24-17-6-7-19(25)18(12-17)21-5-2-10-30(21)22(27)8-9-23-28-14-20(29-23)16-4-1-3-15(11-16)13-26/h1,3-4,6-9,11-12,14,21,27H,2,5,10H2,(H,28,29)/b9-8-,27-22?. The van der Waals surface area contributed by atoms with Gasteiger partial charge < -0.3 is 9.88 Å². The van der Waals surface area contributed by atoms with Gasteiger partial charge in [-0.25, -0.2) is 13.8 Å². The van der Waals surface area contributed by atoms with Crippen LogP contribution < -0.4 is 0 Å². The first kappa shape index (κ1) is 19.5. The van der Waals surface area contributed by atoms with Gasteiger partial charge in [-0.15, -0.1) is 0 Å². The molecular formula is C23H19F2N5. The summed E-state index contributed by atoms with van der Waals surface area (Å²) in [5, 5.41) is 17.4. The Morgan fingerprint density at radius 2 is 2.13 bits per heavy atom. The molecule has 0 saturated carbocycles. The number of hydrogen-bond acceptors (Lipinski definition) is 3. The highest BCUT2D eigenvalue weighted by Crippen LogP contribution is 2.34. The quantitative estimate of drug-likeness (QED) is 0.472. The Kier molecular flexibility index (Phi) is 5.40. The van der Waals surface area contributed by atoms with Crippen molar-refractivity contribution < 1.29 is 8.78 Å². The van der Waals surface area contributed by atoms with Crippen LogP contribution >= 0.6 is 0 Å². The van der Waals surface area contributed by atoms with Crippen LogP contribution in [0.4, 0.5) is 8.78 Å². The van der Waals surface area contributed by atoms with Gasteiger partial charge in [0.2, 0.25) is 0 Å². The van der Waals surface area contributed by atoms with Crippen LogP contribution in [0.25, 0.3) is 17.3 Å². The first-order valence-electron chi connectivity index (χ1n) is 9.59. The summed E-state index contributed by atoms with van der Waals surface area (Å²) in [5.74, 6) is -0.167. The third-order valence-corrected chi connectivity index (χ3v) is 5.18. The molecule has 1 unspecified atom stereocenters. The van der Waals surface area contributed by atoms with Gasteiger partial charge in [0.25, 0.3) is 0 Å². The SMILES string of the molecule is N#Cc1cccc(-c2cnc(/C=C\C(=N)N3CCCC3c3cc(F)ccc3F)[nH]2)c1. The maximum Gasteiger partial charge on any atom is 0.130 e. The fraction of sp³-hybridized carbons (Fsp3) is 0.174. The van der Waals surface area contributed by atoms with Gasteiger partial charge in [0, 0.05) is 17.7 Å². The van der Waals surface area contributed by atoms with Gasteiger partial charge in [0.15, 0.2) is 0 Å². The monoisotopic (exact) mass is 403 g/mol. The number of halogens is 2. The zero-order chi connectivity index (χ0) is 21.1. The molecule has 1 atom stereocenters. The van der Waals surface area contributed by atoms with Crippen LogP contribution in [0.15, 0.2) is 54.7 Å². The molecule has 0 aliphatic carbocycles. The summed E-state index contributed by atoms with van der Waals surface area (Å²) in [6, 6.07) is 12.4. The van der Waals surface area contributed by atoms with Crippen molar-refractivity contribution >= 4 is 11.9 Å². The van der Waals surface area contributed by atoms with Crippen molar-refractivity contribution in [3.8, 4) is 17.3 Å². The number of benzene rings is 2. The highest BCUT2D eigenvalue weighted by Gasteiger charge is 2.29. The molecule has 2 aromatic carbocycles.